The van der Waals surface area contributed by atoms with E-state index in [1.165, 1.54) is 11.8 Å². The molecule has 0 bridgehead atoms. The van der Waals surface area contributed by atoms with Crippen molar-refractivity contribution in [2.75, 3.05) is 7.11 Å². The molecule has 1 heterocycles. The molecule has 0 atom stereocenters. The highest BCUT2D eigenvalue weighted by molar-refractivity contribution is 6.30. The number of carboxylic acid groups (broad SMARTS) is 1. The molecule has 7 heteroatoms. The molecule has 0 saturated heterocycles. The van der Waals surface area contributed by atoms with Gasteiger partial charge in [-0.15, -0.1) is 5.10 Å². The quantitative estimate of drug-likeness (QED) is 0.943. The lowest BCUT2D eigenvalue weighted by atomic mass is 9.90. The third-order valence-corrected chi connectivity index (χ3v) is 3.19. The predicted molar refractivity (Wildman–Crippen MR) is 78.6 cm³/mol. The lowest BCUT2D eigenvalue weighted by molar-refractivity contribution is 0.0687. The maximum atomic E-state index is 11.4. The normalized spacial score (nSPS) is 11.5. The van der Waals surface area contributed by atoms with Crippen molar-refractivity contribution in [2.45, 2.75) is 26.2 Å². The van der Waals surface area contributed by atoms with Crippen LogP contribution < -0.4 is 4.74 Å². The number of benzene rings is 1. The Labute approximate surface area is 127 Å². The lowest BCUT2D eigenvalue weighted by Gasteiger charge is -2.21. The van der Waals surface area contributed by atoms with E-state index < -0.39 is 11.4 Å². The number of ether oxygens (including phenoxy) is 1. The maximum Gasteiger partial charge on any atom is 0.358 e. The standard InChI is InChI=1S/C14H16ClN3O3/c1-14(2,3)12-11(13(19)20)16-17-18(12)9-7-8(15)5-6-10(9)21-4/h5-7H,1-4H3,(H,19,20). The molecule has 0 amide bonds. The third kappa shape index (κ3) is 2.85. The number of carbonyl (C=O) groups is 1. The van der Waals surface area contributed by atoms with E-state index in [2.05, 4.69) is 10.3 Å². The summed E-state index contributed by atoms with van der Waals surface area (Å²) in [5.74, 6) is -0.584. The zero-order chi connectivity index (χ0) is 15.8. The van der Waals surface area contributed by atoms with Gasteiger partial charge in [0.1, 0.15) is 11.4 Å². The molecule has 0 aliphatic heterocycles. The first-order valence-corrected chi connectivity index (χ1v) is 6.67. The van der Waals surface area contributed by atoms with E-state index in [-0.39, 0.29) is 5.69 Å². The average molecular weight is 310 g/mol. The van der Waals surface area contributed by atoms with Crippen LogP contribution in [-0.4, -0.2) is 33.2 Å². The summed E-state index contributed by atoms with van der Waals surface area (Å²) in [7, 11) is 1.53. The number of aromatic carboxylic acids is 1. The van der Waals surface area contributed by atoms with Crippen LogP contribution in [0.5, 0.6) is 5.75 Å². The molecular weight excluding hydrogens is 294 g/mol. The number of carboxylic acids is 1. The van der Waals surface area contributed by atoms with Crippen LogP contribution in [0.3, 0.4) is 0 Å². The van der Waals surface area contributed by atoms with Crippen LogP contribution >= 0.6 is 11.6 Å². The number of methoxy groups -OCH3 is 1. The van der Waals surface area contributed by atoms with E-state index >= 15 is 0 Å². The van der Waals surface area contributed by atoms with Crippen molar-refractivity contribution < 1.29 is 14.6 Å². The lowest BCUT2D eigenvalue weighted by Crippen LogP contribution is -2.21. The number of aromatic nitrogens is 3. The highest BCUT2D eigenvalue weighted by Gasteiger charge is 2.30. The van der Waals surface area contributed by atoms with Gasteiger partial charge in [0, 0.05) is 10.4 Å². The Morgan fingerprint density at radius 2 is 2.05 bits per heavy atom. The molecule has 0 aliphatic carbocycles. The molecule has 0 aliphatic rings. The van der Waals surface area contributed by atoms with Crippen LogP contribution in [0.2, 0.25) is 5.02 Å². The summed E-state index contributed by atoms with van der Waals surface area (Å²) in [6, 6.07) is 5.05. The van der Waals surface area contributed by atoms with Gasteiger partial charge < -0.3 is 9.84 Å². The summed E-state index contributed by atoms with van der Waals surface area (Å²) < 4.78 is 6.76. The summed E-state index contributed by atoms with van der Waals surface area (Å²) in [5.41, 5.74) is 0.486. The summed E-state index contributed by atoms with van der Waals surface area (Å²) >= 11 is 6.03. The Balaban J connectivity index is 2.76. The first kappa shape index (κ1) is 15.3. The van der Waals surface area contributed by atoms with Crippen molar-refractivity contribution in [3.8, 4) is 11.4 Å². The number of nitrogens with zero attached hydrogens (tertiary/aromatic N) is 3. The second kappa shape index (κ2) is 5.37. The smallest absolute Gasteiger partial charge is 0.358 e. The largest absolute Gasteiger partial charge is 0.494 e. The van der Waals surface area contributed by atoms with Crippen LogP contribution in [0.25, 0.3) is 5.69 Å². The summed E-state index contributed by atoms with van der Waals surface area (Å²) in [6.07, 6.45) is 0. The Bertz CT molecular complexity index is 689. The van der Waals surface area contributed by atoms with Crippen LogP contribution in [0.1, 0.15) is 37.0 Å². The molecule has 0 fully saturated rings. The molecule has 2 aromatic rings. The molecule has 0 saturated carbocycles. The number of hydrogen-bond acceptors (Lipinski definition) is 4. The van der Waals surface area contributed by atoms with Crippen LogP contribution in [-0.2, 0) is 5.41 Å². The second-order valence-corrected chi connectivity index (χ2v) is 6.01. The Morgan fingerprint density at radius 1 is 1.38 bits per heavy atom. The molecule has 1 aromatic heterocycles. The van der Waals surface area contributed by atoms with Crippen LogP contribution in [0.15, 0.2) is 18.2 Å². The minimum atomic E-state index is -1.12. The number of rotatable bonds is 3. The Morgan fingerprint density at radius 3 is 2.57 bits per heavy atom. The van der Waals surface area contributed by atoms with Crippen molar-refractivity contribution >= 4 is 17.6 Å². The van der Waals surface area contributed by atoms with Gasteiger partial charge in [-0.05, 0) is 18.2 Å². The molecule has 0 spiro atoms. The zero-order valence-electron chi connectivity index (χ0n) is 12.2. The van der Waals surface area contributed by atoms with Gasteiger partial charge in [-0.1, -0.05) is 37.6 Å². The molecule has 2 rings (SSSR count). The summed E-state index contributed by atoms with van der Waals surface area (Å²) in [6.45, 7) is 5.68. The number of halogens is 1. The van der Waals surface area contributed by atoms with E-state index in [0.29, 0.717) is 22.2 Å². The zero-order valence-corrected chi connectivity index (χ0v) is 13.0. The van der Waals surface area contributed by atoms with Crippen molar-refractivity contribution in [1.29, 1.82) is 0 Å². The fourth-order valence-corrected chi connectivity index (χ4v) is 2.26. The molecule has 1 aromatic carbocycles. The highest BCUT2D eigenvalue weighted by atomic mass is 35.5. The van der Waals surface area contributed by atoms with Crippen LogP contribution in [0, 0.1) is 0 Å². The van der Waals surface area contributed by atoms with E-state index in [1.54, 1.807) is 18.2 Å². The molecular formula is C14H16ClN3O3. The fraction of sp³-hybridized carbons (Fsp3) is 0.357. The van der Waals surface area contributed by atoms with Gasteiger partial charge >= 0.3 is 5.97 Å². The van der Waals surface area contributed by atoms with Gasteiger partial charge in [-0.25, -0.2) is 9.48 Å². The molecule has 0 unspecified atom stereocenters. The van der Waals surface area contributed by atoms with E-state index in [9.17, 15) is 9.90 Å². The van der Waals surface area contributed by atoms with Gasteiger partial charge in [0.25, 0.3) is 0 Å². The molecule has 21 heavy (non-hydrogen) atoms. The Kier molecular flexibility index (Phi) is 3.91. The molecule has 6 nitrogen and oxygen atoms in total. The fourth-order valence-electron chi connectivity index (χ4n) is 2.10. The van der Waals surface area contributed by atoms with E-state index in [1.807, 2.05) is 20.8 Å². The van der Waals surface area contributed by atoms with Crippen molar-refractivity contribution in [3.63, 3.8) is 0 Å². The first-order valence-electron chi connectivity index (χ1n) is 6.29. The average Bonchev–Trinajstić information content (AvgIpc) is 2.83. The predicted octanol–water partition coefficient (Wildman–Crippen LogP) is 2.93. The maximum absolute atomic E-state index is 11.4. The SMILES string of the molecule is COc1ccc(Cl)cc1-n1nnc(C(=O)O)c1C(C)(C)C. The van der Waals surface area contributed by atoms with Gasteiger partial charge in [0.05, 0.1) is 12.8 Å². The molecule has 1 N–H and O–H groups in total. The van der Waals surface area contributed by atoms with E-state index in [0.717, 1.165) is 0 Å². The monoisotopic (exact) mass is 309 g/mol. The first-order chi connectivity index (χ1) is 9.75. The van der Waals surface area contributed by atoms with Crippen molar-refractivity contribution in [3.05, 3.63) is 34.6 Å². The van der Waals surface area contributed by atoms with Gasteiger partial charge in [-0.3, -0.25) is 0 Å². The third-order valence-electron chi connectivity index (χ3n) is 2.95. The minimum Gasteiger partial charge on any atom is -0.494 e. The topological polar surface area (TPSA) is 77.2 Å². The number of hydrogen-bond donors (Lipinski definition) is 1. The van der Waals surface area contributed by atoms with Crippen LogP contribution in [0.4, 0.5) is 0 Å². The summed E-state index contributed by atoms with van der Waals surface area (Å²) in [4.78, 5) is 11.4. The second-order valence-electron chi connectivity index (χ2n) is 5.57. The van der Waals surface area contributed by atoms with Gasteiger partial charge in [-0.2, -0.15) is 0 Å². The highest BCUT2D eigenvalue weighted by Crippen LogP contribution is 2.32. The Hall–Kier alpha value is -2.08. The molecule has 0 radical (unpaired) electrons. The van der Waals surface area contributed by atoms with E-state index in [4.69, 9.17) is 16.3 Å². The van der Waals surface area contributed by atoms with Gasteiger partial charge in [0.15, 0.2) is 5.69 Å². The minimum absolute atomic E-state index is 0.0791. The van der Waals surface area contributed by atoms with Crippen molar-refractivity contribution in [1.82, 2.24) is 15.0 Å². The van der Waals surface area contributed by atoms with Gasteiger partial charge in [0.2, 0.25) is 0 Å². The molecule has 112 valence electrons. The summed E-state index contributed by atoms with van der Waals surface area (Å²) in [5, 5.41) is 17.5. The van der Waals surface area contributed by atoms with Crippen molar-refractivity contribution in [2.24, 2.45) is 0 Å².